The summed E-state index contributed by atoms with van der Waals surface area (Å²) in [4.78, 5) is 11.3. The van der Waals surface area contributed by atoms with Gasteiger partial charge in [-0.15, -0.1) is 0 Å². The summed E-state index contributed by atoms with van der Waals surface area (Å²) >= 11 is 0. The van der Waals surface area contributed by atoms with Gasteiger partial charge in [-0.05, 0) is 47.1 Å². The minimum atomic E-state index is -0.458. The Labute approximate surface area is 110 Å². The van der Waals surface area contributed by atoms with Crippen LogP contribution in [0.1, 0.15) is 47.5 Å². The monoisotopic (exact) mass is 260 g/mol. The molecule has 0 fully saturated rings. The van der Waals surface area contributed by atoms with E-state index in [2.05, 4.69) is 10.6 Å². The quantitative estimate of drug-likeness (QED) is 0.609. The van der Waals surface area contributed by atoms with Crippen molar-refractivity contribution < 1.29 is 14.6 Å². The number of ether oxygens (including phenoxy) is 1. The zero-order valence-corrected chi connectivity index (χ0v) is 12.3. The van der Waals surface area contributed by atoms with E-state index in [0.29, 0.717) is 6.54 Å². The lowest BCUT2D eigenvalue weighted by Crippen LogP contribution is -2.46. The minimum absolute atomic E-state index is 0.114. The molecule has 0 aliphatic heterocycles. The van der Waals surface area contributed by atoms with Crippen LogP contribution in [0.25, 0.3) is 0 Å². The largest absolute Gasteiger partial charge is 0.444 e. The smallest absolute Gasteiger partial charge is 0.407 e. The fourth-order valence-corrected chi connectivity index (χ4v) is 1.28. The first-order valence-corrected chi connectivity index (χ1v) is 6.55. The summed E-state index contributed by atoms with van der Waals surface area (Å²) in [7, 11) is 0. The number of hydrogen-bond acceptors (Lipinski definition) is 4. The topological polar surface area (TPSA) is 70.6 Å². The van der Waals surface area contributed by atoms with Crippen molar-refractivity contribution in [2.45, 2.75) is 58.6 Å². The fraction of sp³-hybridized carbons (Fsp3) is 0.923. The standard InChI is InChI=1S/C13H28N2O3/c1-6-13(5,10-16)15-9-7-8-14-11(17)18-12(2,3)4/h15-16H,6-10H2,1-5H3,(H,14,17). The average Bonchev–Trinajstić information content (AvgIpc) is 2.26. The summed E-state index contributed by atoms with van der Waals surface area (Å²) in [6.45, 7) is 10.9. The first-order chi connectivity index (χ1) is 8.22. The second-order valence-electron chi connectivity index (χ2n) is 5.78. The Kier molecular flexibility index (Phi) is 7.25. The van der Waals surface area contributed by atoms with Gasteiger partial charge < -0.3 is 20.5 Å². The molecule has 0 aliphatic rings. The van der Waals surface area contributed by atoms with Crippen molar-refractivity contribution >= 4 is 6.09 Å². The fourth-order valence-electron chi connectivity index (χ4n) is 1.28. The molecule has 0 saturated heterocycles. The number of carbonyl (C=O) groups excluding carboxylic acids is 1. The summed E-state index contributed by atoms with van der Waals surface area (Å²) in [5, 5.41) is 15.2. The van der Waals surface area contributed by atoms with E-state index in [9.17, 15) is 9.90 Å². The Morgan fingerprint density at radius 2 is 1.83 bits per heavy atom. The molecule has 0 rings (SSSR count). The molecule has 1 unspecified atom stereocenters. The number of carbonyl (C=O) groups is 1. The lowest BCUT2D eigenvalue weighted by atomic mass is 10.0. The highest BCUT2D eigenvalue weighted by Gasteiger charge is 2.19. The van der Waals surface area contributed by atoms with Crippen LogP contribution in [0.2, 0.25) is 0 Å². The van der Waals surface area contributed by atoms with E-state index < -0.39 is 5.60 Å². The molecule has 0 heterocycles. The van der Waals surface area contributed by atoms with E-state index >= 15 is 0 Å². The zero-order valence-electron chi connectivity index (χ0n) is 12.3. The molecule has 0 bridgehead atoms. The van der Waals surface area contributed by atoms with Gasteiger partial charge in [0.15, 0.2) is 0 Å². The summed E-state index contributed by atoms with van der Waals surface area (Å²) in [6.07, 6.45) is 1.28. The molecule has 3 N–H and O–H groups in total. The van der Waals surface area contributed by atoms with E-state index in [0.717, 1.165) is 19.4 Å². The average molecular weight is 260 g/mol. The first kappa shape index (κ1) is 17.2. The molecule has 0 aromatic carbocycles. The van der Waals surface area contributed by atoms with Crippen LogP contribution in [-0.4, -0.2) is 42.0 Å². The maximum atomic E-state index is 11.3. The second kappa shape index (κ2) is 7.59. The van der Waals surface area contributed by atoms with Crippen LogP contribution in [0.4, 0.5) is 4.79 Å². The molecule has 0 saturated carbocycles. The molecule has 0 spiro atoms. The summed E-state index contributed by atoms with van der Waals surface area (Å²) in [5.41, 5.74) is -0.689. The molecule has 5 heteroatoms. The molecular formula is C13H28N2O3. The van der Waals surface area contributed by atoms with E-state index in [4.69, 9.17) is 4.74 Å². The van der Waals surface area contributed by atoms with Crippen LogP contribution >= 0.6 is 0 Å². The zero-order chi connectivity index (χ0) is 14.2. The molecule has 18 heavy (non-hydrogen) atoms. The molecule has 0 radical (unpaired) electrons. The lowest BCUT2D eigenvalue weighted by molar-refractivity contribution is 0.0527. The van der Waals surface area contributed by atoms with Crippen molar-refractivity contribution in [3.8, 4) is 0 Å². The highest BCUT2D eigenvalue weighted by molar-refractivity contribution is 5.67. The van der Waals surface area contributed by atoms with Crippen molar-refractivity contribution in [2.24, 2.45) is 0 Å². The second-order valence-corrected chi connectivity index (χ2v) is 5.78. The van der Waals surface area contributed by atoms with Crippen molar-refractivity contribution in [2.75, 3.05) is 19.7 Å². The van der Waals surface area contributed by atoms with Crippen molar-refractivity contribution in [3.63, 3.8) is 0 Å². The van der Waals surface area contributed by atoms with Crippen LogP contribution in [0.15, 0.2) is 0 Å². The summed E-state index contributed by atoms with van der Waals surface area (Å²) < 4.78 is 5.12. The predicted octanol–water partition coefficient (Wildman–Crippen LogP) is 1.65. The van der Waals surface area contributed by atoms with Gasteiger partial charge in [0.05, 0.1) is 6.61 Å². The number of aliphatic hydroxyl groups is 1. The van der Waals surface area contributed by atoms with Gasteiger partial charge in [0.25, 0.3) is 0 Å². The number of rotatable bonds is 7. The summed E-state index contributed by atoms with van der Waals surface area (Å²) in [6, 6.07) is 0. The Balaban J connectivity index is 3.66. The van der Waals surface area contributed by atoms with E-state index in [1.54, 1.807) is 0 Å². The molecule has 1 amide bonds. The maximum Gasteiger partial charge on any atom is 0.407 e. The van der Waals surface area contributed by atoms with Gasteiger partial charge in [-0.25, -0.2) is 4.79 Å². The SMILES string of the molecule is CCC(C)(CO)NCCCNC(=O)OC(C)(C)C. The van der Waals surface area contributed by atoms with E-state index in [-0.39, 0.29) is 18.2 Å². The minimum Gasteiger partial charge on any atom is -0.444 e. The molecular weight excluding hydrogens is 232 g/mol. The predicted molar refractivity (Wildman–Crippen MR) is 72.6 cm³/mol. The van der Waals surface area contributed by atoms with Crippen LogP contribution in [-0.2, 0) is 4.74 Å². The van der Waals surface area contributed by atoms with Gasteiger partial charge >= 0.3 is 6.09 Å². The van der Waals surface area contributed by atoms with Gasteiger partial charge in [-0.2, -0.15) is 0 Å². The Bertz CT molecular complexity index is 245. The van der Waals surface area contributed by atoms with Gasteiger partial charge in [-0.1, -0.05) is 6.92 Å². The van der Waals surface area contributed by atoms with Gasteiger partial charge in [-0.3, -0.25) is 0 Å². The maximum absolute atomic E-state index is 11.3. The molecule has 1 atom stereocenters. The van der Waals surface area contributed by atoms with Gasteiger partial charge in [0, 0.05) is 12.1 Å². The molecule has 0 aromatic heterocycles. The molecule has 0 aliphatic carbocycles. The molecule has 5 nitrogen and oxygen atoms in total. The van der Waals surface area contributed by atoms with Gasteiger partial charge in [0.1, 0.15) is 5.60 Å². The Hall–Kier alpha value is -0.810. The Morgan fingerprint density at radius 1 is 1.22 bits per heavy atom. The first-order valence-electron chi connectivity index (χ1n) is 6.55. The number of alkyl carbamates (subject to hydrolysis) is 1. The summed E-state index contributed by atoms with van der Waals surface area (Å²) in [5.74, 6) is 0. The molecule has 0 aromatic rings. The normalized spacial score (nSPS) is 15.0. The van der Waals surface area contributed by atoms with Crippen molar-refractivity contribution in [3.05, 3.63) is 0 Å². The van der Waals surface area contributed by atoms with E-state index in [1.165, 1.54) is 0 Å². The number of aliphatic hydroxyl groups excluding tert-OH is 1. The number of hydrogen-bond donors (Lipinski definition) is 3. The third-order valence-corrected chi connectivity index (χ3v) is 2.70. The van der Waals surface area contributed by atoms with Crippen molar-refractivity contribution in [1.82, 2.24) is 10.6 Å². The number of nitrogens with one attached hydrogen (secondary N) is 2. The van der Waals surface area contributed by atoms with E-state index in [1.807, 2.05) is 34.6 Å². The third-order valence-electron chi connectivity index (χ3n) is 2.70. The van der Waals surface area contributed by atoms with Crippen molar-refractivity contribution in [1.29, 1.82) is 0 Å². The highest BCUT2D eigenvalue weighted by atomic mass is 16.6. The number of amides is 1. The highest BCUT2D eigenvalue weighted by Crippen LogP contribution is 2.07. The Morgan fingerprint density at radius 3 is 2.28 bits per heavy atom. The van der Waals surface area contributed by atoms with Crippen LogP contribution in [0.5, 0.6) is 0 Å². The third kappa shape index (κ3) is 8.31. The lowest BCUT2D eigenvalue weighted by Gasteiger charge is -2.27. The van der Waals surface area contributed by atoms with Crippen LogP contribution < -0.4 is 10.6 Å². The van der Waals surface area contributed by atoms with Crippen LogP contribution in [0, 0.1) is 0 Å². The van der Waals surface area contributed by atoms with Gasteiger partial charge in [0.2, 0.25) is 0 Å². The van der Waals surface area contributed by atoms with Crippen LogP contribution in [0.3, 0.4) is 0 Å². The molecule has 108 valence electrons.